The van der Waals surface area contributed by atoms with Crippen molar-refractivity contribution in [3.63, 3.8) is 0 Å². The smallest absolute Gasteiger partial charge is 0.734 e. The summed E-state index contributed by atoms with van der Waals surface area (Å²) in [5.41, 5.74) is 1.28. The Balaban J connectivity index is 0.00000162. The molecule has 0 spiro atoms. The number of hydrogen-bond donors (Lipinski definition) is 1. The van der Waals surface area contributed by atoms with Gasteiger partial charge in [0.05, 0.1) is 0 Å². The van der Waals surface area contributed by atoms with Gasteiger partial charge in [0.1, 0.15) is 0 Å². The van der Waals surface area contributed by atoms with Gasteiger partial charge in [0.2, 0.25) is 0 Å². The van der Waals surface area contributed by atoms with E-state index in [1.807, 2.05) is 23.0 Å². The van der Waals surface area contributed by atoms with Crippen LogP contribution in [0.3, 0.4) is 0 Å². The molecule has 0 saturated carbocycles. The third-order valence-electron chi connectivity index (χ3n) is 3.01. The number of rotatable bonds is 3. The molecule has 0 aliphatic carbocycles. The zero-order valence-corrected chi connectivity index (χ0v) is 13.2. The van der Waals surface area contributed by atoms with Crippen molar-refractivity contribution >= 4 is 10.3 Å². The van der Waals surface area contributed by atoms with Gasteiger partial charge in [-0.1, -0.05) is 30.3 Å². The summed E-state index contributed by atoms with van der Waals surface area (Å²) in [6.45, 7) is 1.14. The van der Waals surface area contributed by atoms with Crippen molar-refractivity contribution < 1.29 is 42.5 Å². The molecule has 1 aliphatic heterocycles. The van der Waals surface area contributed by atoms with Gasteiger partial charge in [-0.3, -0.25) is 0 Å². The van der Waals surface area contributed by atoms with Crippen LogP contribution in [0.4, 0.5) is 0 Å². The summed E-state index contributed by atoms with van der Waals surface area (Å²) < 4.78 is 31.6. The Morgan fingerprint density at radius 2 is 1.72 bits per heavy atom. The number of benzene rings is 1. The van der Waals surface area contributed by atoms with Gasteiger partial charge in [0.25, 0.3) is 0 Å². The molecule has 94 valence electrons. The summed E-state index contributed by atoms with van der Waals surface area (Å²) in [5, 5.41) is 1.47. The van der Waals surface area contributed by atoms with E-state index in [0.29, 0.717) is 19.0 Å². The van der Waals surface area contributed by atoms with Crippen molar-refractivity contribution in [3.8, 4) is 0 Å². The molecule has 1 heterocycles. The number of nitrogens with zero attached hydrogens (tertiary/aromatic N) is 1. The molecule has 18 heavy (non-hydrogen) atoms. The van der Waals surface area contributed by atoms with Crippen molar-refractivity contribution in [2.75, 3.05) is 13.1 Å². The molecule has 1 aliphatic rings. The van der Waals surface area contributed by atoms with Crippen LogP contribution in [0, 0.1) is 0 Å². The molecule has 1 N–H and O–H groups in total. The first-order chi connectivity index (χ1) is 8.04. The number of hydrazine groups is 1. The zero-order chi connectivity index (χ0) is 12.3. The second-order valence-corrected chi connectivity index (χ2v) is 5.31. The molecule has 1 saturated heterocycles. The minimum absolute atomic E-state index is 0. The number of piperidine rings is 1. The van der Waals surface area contributed by atoms with Crippen molar-refractivity contribution in [1.29, 1.82) is 0 Å². The van der Waals surface area contributed by atoms with E-state index in [2.05, 4.69) is 12.1 Å². The van der Waals surface area contributed by atoms with Crippen LogP contribution in [-0.2, 0) is 10.3 Å². The van der Waals surface area contributed by atoms with Gasteiger partial charge < -0.3 is 4.55 Å². The van der Waals surface area contributed by atoms with Crippen LogP contribution in [0.15, 0.2) is 30.3 Å². The van der Waals surface area contributed by atoms with E-state index >= 15 is 0 Å². The summed E-state index contributed by atoms with van der Waals surface area (Å²) in [6.07, 6.45) is 1.71. The minimum atomic E-state index is -4.38. The van der Waals surface area contributed by atoms with E-state index in [9.17, 15) is 13.0 Å². The van der Waals surface area contributed by atoms with Gasteiger partial charge in [-0.05, 0) is 24.3 Å². The summed E-state index contributed by atoms with van der Waals surface area (Å²) in [4.78, 5) is 1.98. The molecule has 1 aromatic carbocycles. The van der Waals surface area contributed by atoms with Crippen LogP contribution in [0.2, 0.25) is 0 Å². The molecule has 0 atom stereocenters. The predicted molar refractivity (Wildman–Crippen MR) is 62.8 cm³/mol. The average molecular weight is 278 g/mol. The Kier molecular flexibility index (Phi) is 6.26. The fraction of sp³-hybridized carbons (Fsp3) is 0.455. The van der Waals surface area contributed by atoms with Gasteiger partial charge in [0.15, 0.2) is 10.3 Å². The van der Waals surface area contributed by atoms with Crippen LogP contribution in [-0.4, -0.2) is 31.1 Å². The first-order valence-electron chi connectivity index (χ1n) is 5.58. The van der Waals surface area contributed by atoms with Crippen LogP contribution < -0.4 is 34.4 Å². The third kappa shape index (κ3) is 4.97. The largest absolute Gasteiger partial charge is 1.00 e. The SMILES string of the molecule is O=S(=O)([O-])NN1CCC(c2ccccc2)CC1.[Na+]. The van der Waals surface area contributed by atoms with Crippen LogP contribution in [0.5, 0.6) is 0 Å². The summed E-state index contributed by atoms with van der Waals surface area (Å²) in [5.74, 6) is 0.448. The Bertz CT molecular complexity index is 458. The summed E-state index contributed by atoms with van der Waals surface area (Å²) in [6, 6.07) is 10.1. The maximum absolute atomic E-state index is 10.5. The molecule has 0 bridgehead atoms. The van der Waals surface area contributed by atoms with Crippen LogP contribution in [0.25, 0.3) is 0 Å². The number of nitrogens with one attached hydrogen (secondary N) is 1. The maximum Gasteiger partial charge on any atom is 1.00 e. The molecular weight excluding hydrogens is 263 g/mol. The molecule has 2 rings (SSSR count). The molecule has 0 radical (unpaired) electrons. The molecule has 5 nitrogen and oxygen atoms in total. The quantitative estimate of drug-likeness (QED) is 0.505. The molecule has 1 fully saturated rings. The Hall–Kier alpha value is 0.0500. The van der Waals surface area contributed by atoms with E-state index in [-0.39, 0.29) is 29.6 Å². The van der Waals surface area contributed by atoms with Gasteiger partial charge in [-0.2, -0.15) is 4.83 Å². The van der Waals surface area contributed by atoms with E-state index in [1.54, 1.807) is 0 Å². The monoisotopic (exact) mass is 278 g/mol. The molecule has 1 aromatic rings. The summed E-state index contributed by atoms with van der Waals surface area (Å²) >= 11 is 0. The molecule has 7 heteroatoms. The van der Waals surface area contributed by atoms with Gasteiger partial charge in [-0.25, -0.2) is 13.4 Å². The standard InChI is InChI=1S/C11H16N2O3S.Na/c14-17(15,16)12-13-8-6-11(7-9-13)10-4-2-1-3-5-10;/h1-5,11-12H,6-9H2,(H,14,15,16);/q;+1/p-1. The molecule has 0 amide bonds. The number of hydrogen-bond acceptors (Lipinski definition) is 4. The van der Waals surface area contributed by atoms with E-state index < -0.39 is 10.3 Å². The Morgan fingerprint density at radius 3 is 2.22 bits per heavy atom. The minimum Gasteiger partial charge on any atom is -0.734 e. The predicted octanol–water partition coefficient (Wildman–Crippen LogP) is -2.17. The maximum atomic E-state index is 10.5. The average Bonchev–Trinajstić information content (AvgIpc) is 2.29. The van der Waals surface area contributed by atoms with Crippen molar-refractivity contribution in [3.05, 3.63) is 35.9 Å². The fourth-order valence-corrected chi connectivity index (χ4v) is 2.69. The molecule has 0 unspecified atom stereocenters. The van der Waals surface area contributed by atoms with E-state index in [1.165, 1.54) is 10.6 Å². The Morgan fingerprint density at radius 1 is 1.17 bits per heavy atom. The Labute approximate surface area is 130 Å². The van der Waals surface area contributed by atoms with Gasteiger partial charge in [-0.15, -0.1) is 0 Å². The third-order valence-corrected chi connectivity index (χ3v) is 3.49. The van der Waals surface area contributed by atoms with Gasteiger partial charge >= 0.3 is 29.6 Å². The van der Waals surface area contributed by atoms with Crippen LogP contribution in [0.1, 0.15) is 24.3 Å². The first-order valence-corrected chi connectivity index (χ1v) is 6.98. The van der Waals surface area contributed by atoms with E-state index in [0.717, 1.165) is 12.8 Å². The van der Waals surface area contributed by atoms with Crippen molar-refractivity contribution in [1.82, 2.24) is 9.84 Å². The summed E-state index contributed by atoms with van der Waals surface area (Å²) in [7, 11) is -4.38. The van der Waals surface area contributed by atoms with Crippen molar-refractivity contribution in [2.45, 2.75) is 18.8 Å². The fourth-order valence-electron chi connectivity index (χ4n) is 2.19. The van der Waals surface area contributed by atoms with Crippen molar-refractivity contribution in [2.24, 2.45) is 0 Å². The van der Waals surface area contributed by atoms with E-state index in [4.69, 9.17) is 0 Å². The normalized spacial score (nSPS) is 18.3. The van der Waals surface area contributed by atoms with Crippen LogP contribution >= 0.6 is 0 Å². The topological polar surface area (TPSA) is 72.5 Å². The zero-order valence-electron chi connectivity index (χ0n) is 10.4. The molecular formula is C11H15N2NaO3S. The molecule has 0 aromatic heterocycles. The first kappa shape index (κ1) is 16.1. The second-order valence-electron chi connectivity index (χ2n) is 4.22. The van der Waals surface area contributed by atoms with Gasteiger partial charge in [0, 0.05) is 13.1 Å². The second kappa shape index (κ2) is 7.00.